The number of piperidine rings is 1. The fraction of sp³-hybridized carbons (Fsp3) is 0.500. The van der Waals surface area contributed by atoms with Gasteiger partial charge in [-0.25, -0.2) is 9.50 Å². The molecule has 6 nitrogen and oxygen atoms in total. The Hall–Kier alpha value is -1.89. The molecule has 21 heavy (non-hydrogen) atoms. The Bertz CT molecular complexity index is 696. The normalized spacial score (nSPS) is 19.5. The molecule has 7 heteroatoms. The summed E-state index contributed by atoms with van der Waals surface area (Å²) in [7, 11) is 0. The first-order valence-corrected chi connectivity index (χ1v) is 8.18. The lowest BCUT2D eigenvalue weighted by Crippen LogP contribution is -2.42. The monoisotopic (exact) mass is 302 g/mol. The standard InChI is InChI=1S/C14H18N6S/c1-11-9-20-13(16-11)21-14(17-20)19-8-3-2-5-12(19)10-18-7-4-6-15-18/h4,6-7,9,12H,2-3,5,8,10H2,1H3/t12-/m1/s1. The Kier molecular flexibility index (Phi) is 3.14. The van der Waals surface area contributed by atoms with E-state index in [4.69, 9.17) is 5.10 Å². The number of fused-ring (bicyclic) bond motifs is 1. The lowest BCUT2D eigenvalue weighted by atomic mass is 10.0. The number of anilines is 1. The quantitative estimate of drug-likeness (QED) is 0.745. The summed E-state index contributed by atoms with van der Waals surface area (Å²) in [5.74, 6) is 0. The van der Waals surface area contributed by atoms with Gasteiger partial charge in [0.25, 0.3) is 0 Å². The largest absolute Gasteiger partial charge is 0.342 e. The lowest BCUT2D eigenvalue weighted by Gasteiger charge is -2.35. The predicted octanol–water partition coefficient (Wildman–Crippen LogP) is 2.35. The Balaban J connectivity index is 1.61. The highest BCUT2D eigenvalue weighted by molar-refractivity contribution is 7.20. The molecule has 0 amide bonds. The van der Waals surface area contributed by atoms with Gasteiger partial charge in [0, 0.05) is 18.9 Å². The molecular weight excluding hydrogens is 284 g/mol. The van der Waals surface area contributed by atoms with Crippen molar-refractivity contribution in [1.29, 1.82) is 0 Å². The van der Waals surface area contributed by atoms with Crippen LogP contribution >= 0.6 is 11.3 Å². The Morgan fingerprint density at radius 3 is 3.14 bits per heavy atom. The molecule has 3 aromatic rings. The van der Waals surface area contributed by atoms with Gasteiger partial charge in [-0.3, -0.25) is 4.68 Å². The van der Waals surface area contributed by atoms with Gasteiger partial charge >= 0.3 is 0 Å². The topological polar surface area (TPSA) is 51.2 Å². The van der Waals surface area contributed by atoms with E-state index in [1.165, 1.54) is 19.3 Å². The van der Waals surface area contributed by atoms with Gasteiger partial charge in [-0.1, -0.05) is 11.3 Å². The minimum Gasteiger partial charge on any atom is -0.342 e. The van der Waals surface area contributed by atoms with Gasteiger partial charge < -0.3 is 4.90 Å². The third-order valence-corrected chi connectivity index (χ3v) is 4.94. The summed E-state index contributed by atoms with van der Waals surface area (Å²) in [5.41, 5.74) is 1.02. The summed E-state index contributed by atoms with van der Waals surface area (Å²) in [6.45, 7) is 4.00. The average Bonchev–Trinajstić information content (AvgIpc) is 3.15. The van der Waals surface area contributed by atoms with Gasteiger partial charge in [0.15, 0.2) is 0 Å². The third kappa shape index (κ3) is 2.42. The summed E-state index contributed by atoms with van der Waals surface area (Å²) in [6.07, 6.45) is 9.57. The van der Waals surface area contributed by atoms with E-state index < -0.39 is 0 Å². The maximum atomic E-state index is 4.71. The fourth-order valence-electron chi connectivity index (χ4n) is 2.98. The zero-order valence-electron chi connectivity index (χ0n) is 12.0. The number of hydrogen-bond acceptors (Lipinski definition) is 5. The van der Waals surface area contributed by atoms with Crippen LogP contribution in [0.4, 0.5) is 5.13 Å². The molecule has 1 aliphatic heterocycles. The van der Waals surface area contributed by atoms with Crippen LogP contribution in [0.2, 0.25) is 0 Å². The van der Waals surface area contributed by atoms with E-state index in [-0.39, 0.29) is 0 Å². The molecule has 0 spiro atoms. The lowest BCUT2D eigenvalue weighted by molar-refractivity contribution is 0.397. The van der Waals surface area contributed by atoms with Crippen molar-refractivity contribution in [2.45, 2.75) is 38.8 Å². The molecule has 0 unspecified atom stereocenters. The molecule has 1 aliphatic rings. The second kappa shape index (κ2) is 5.14. The van der Waals surface area contributed by atoms with Crippen LogP contribution in [0, 0.1) is 6.92 Å². The molecule has 4 heterocycles. The van der Waals surface area contributed by atoms with E-state index in [9.17, 15) is 0 Å². The van der Waals surface area contributed by atoms with Crippen molar-refractivity contribution in [3.05, 3.63) is 30.4 Å². The van der Waals surface area contributed by atoms with E-state index in [2.05, 4.69) is 15.0 Å². The van der Waals surface area contributed by atoms with E-state index in [0.29, 0.717) is 6.04 Å². The van der Waals surface area contributed by atoms with Crippen LogP contribution in [0.3, 0.4) is 0 Å². The molecule has 0 N–H and O–H groups in total. The number of aryl methyl sites for hydroxylation is 1. The fourth-order valence-corrected chi connectivity index (χ4v) is 4.01. The second-order valence-corrected chi connectivity index (χ2v) is 6.50. The number of imidazole rings is 1. The zero-order chi connectivity index (χ0) is 14.2. The van der Waals surface area contributed by atoms with Gasteiger partial charge in [0.05, 0.1) is 24.5 Å². The van der Waals surface area contributed by atoms with Crippen LogP contribution in [0.15, 0.2) is 24.7 Å². The van der Waals surface area contributed by atoms with Crippen LogP contribution in [0.25, 0.3) is 4.96 Å². The molecular formula is C14H18N6S. The molecule has 1 atom stereocenters. The minimum atomic E-state index is 0.468. The molecule has 4 rings (SSSR count). The van der Waals surface area contributed by atoms with Crippen molar-refractivity contribution in [2.75, 3.05) is 11.4 Å². The highest BCUT2D eigenvalue weighted by atomic mass is 32.1. The van der Waals surface area contributed by atoms with Crippen molar-refractivity contribution in [2.24, 2.45) is 0 Å². The van der Waals surface area contributed by atoms with Crippen molar-refractivity contribution >= 4 is 21.4 Å². The number of aromatic nitrogens is 5. The Morgan fingerprint density at radius 2 is 2.33 bits per heavy atom. The first kappa shape index (κ1) is 12.8. The van der Waals surface area contributed by atoms with Crippen LogP contribution in [0.1, 0.15) is 25.0 Å². The molecule has 0 aromatic carbocycles. The van der Waals surface area contributed by atoms with E-state index in [1.54, 1.807) is 11.3 Å². The van der Waals surface area contributed by atoms with Crippen LogP contribution in [-0.4, -0.2) is 37.0 Å². The first-order chi connectivity index (χ1) is 10.3. The number of hydrogen-bond donors (Lipinski definition) is 0. The smallest absolute Gasteiger partial charge is 0.214 e. The molecule has 0 aliphatic carbocycles. The molecule has 1 saturated heterocycles. The average molecular weight is 302 g/mol. The molecule has 110 valence electrons. The molecule has 1 fully saturated rings. The van der Waals surface area contributed by atoms with Gasteiger partial charge in [-0.15, -0.1) is 5.10 Å². The number of nitrogens with zero attached hydrogens (tertiary/aromatic N) is 6. The third-order valence-electron chi connectivity index (χ3n) is 3.98. The van der Waals surface area contributed by atoms with E-state index in [0.717, 1.165) is 28.9 Å². The molecule has 0 saturated carbocycles. The molecule has 3 aromatic heterocycles. The van der Waals surface area contributed by atoms with Gasteiger partial charge in [0.2, 0.25) is 10.1 Å². The Morgan fingerprint density at radius 1 is 1.38 bits per heavy atom. The maximum absolute atomic E-state index is 4.71. The highest BCUT2D eigenvalue weighted by Gasteiger charge is 2.26. The van der Waals surface area contributed by atoms with Gasteiger partial charge in [-0.2, -0.15) is 5.10 Å². The van der Waals surface area contributed by atoms with Crippen LogP contribution < -0.4 is 4.90 Å². The maximum Gasteiger partial charge on any atom is 0.214 e. The Labute approximate surface area is 127 Å². The summed E-state index contributed by atoms with van der Waals surface area (Å²) < 4.78 is 3.92. The van der Waals surface area contributed by atoms with Crippen molar-refractivity contribution in [3.8, 4) is 0 Å². The van der Waals surface area contributed by atoms with E-state index >= 15 is 0 Å². The second-order valence-electron chi connectivity index (χ2n) is 5.57. The first-order valence-electron chi connectivity index (χ1n) is 7.36. The summed E-state index contributed by atoms with van der Waals surface area (Å²) in [5, 5.41) is 10.1. The SMILES string of the molecule is Cc1cn2nc(N3CCCC[C@@H]3Cn3cccn3)sc2n1. The molecule has 0 bridgehead atoms. The summed E-state index contributed by atoms with van der Waals surface area (Å²) in [6, 6.07) is 2.45. The van der Waals surface area contributed by atoms with Crippen molar-refractivity contribution in [3.63, 3.8) is 0 Å². The summed E-state index contributed by atoms with van der Waals surface area (Å²) in [4.78, 5) is 7.91. The van der Waals surface area contributed by atoms with Gasteiger partial charge in [-0.05, 0) is 32.3 Å². The van der Waals surface area contributed by atoms with Crippen molar-refractivity contribution in [1.82, 2.24) is 24.4 Å². The predicted molar refractivity (Wildman–Crippen MR) is 82.8 cm³/mol. The zero-order valence-corrected chi connectivity index (χ0v) is 12.8. The highest BCUT2D eigenvalue weighted by Crippen LogP contribution is 2.29. The van der Waals surface area contributed by atoms with Crippen LogP contribution in [0.5, 0.6) is 0 Å². The van der Waals surface area contributed by atoms with E-state index in [1.807, 2.05) is 40.8 Å². The van der Waals surface area contributed by atoms with Crippen LogP contribution in [-0.2, 0) is 6.54 Å². The number of rotatable bonds is 3. The van der Waals surface area contributed by atoms with Gasteiger partial charge in [0.1, 0.15) is 0 Å². The minimum absolute atomic E-state index is 0.468. The van der Waals surface area contributed by atoms with Crippen molar-refractivity contribution < 1.29 is 0 Å². The molecule has 0 radical (unpaired) electrons. The summed E-state index contributed by atoms with van der Waals surface area (Å²) >= 11 is 1.68.